The van der Waals surface area contributed by atoms with Gasteiger partial charge in [-0.25, -0.2) is 4.39 Å². The number of aryl methyl sites for hydroxylation is 1. The Kier molecular flexibility index (Phi) is 1.31. The van der Waals surface area contributed by atoms with Crippen molar-refractivity contribution in [1.29, 1.82) is 0 Å². The molecular formula is C10H9F. The van der Waals surface area contributed by atoms with Gasteiger partial charge in [-0.3, -0.25) is 0 Å². The molecule has 0 heterocycles. The maximum atomic E-state index is 13.0. The number of rotatable bonds is 0. The lowest BCUT2D eigenvalue weighted by molar-refractivity contribution is 0.615. The van der Waals surface area contributed by atoms with Crippen LogP contribution in [0.3, 0.4) is 0 Å². The van der Waals surface area contributed by atoms with Crippen molar-refractivity contribution in [3.05, 3.63) is 40.7 Å². The maximum Gasteiger partial charge on any atom is 0.127 e. The zero-order valence-corrected chi connectivity index (χ0v) is 6.39. The van der Waals surface area contributed by atoms with E-state index in [2.05, 4.69) is 0 Å². The van der Waals surface area contributed by atoms with E-state index in [0.29, 0.717) is 0 Å². The quantitative estimate of drug-likeness (QED) is 0.530. The predicted octanol–water partition coefficient (Wildman–Crippen LogP) is 2.70. The predicted molar refractivity (Wildman–Crippen MR) is 43.9 cm³/mol. The molecule has 1 aromatic carbocycles. The van der Waals surface area contributed by atoms with Crippen LogP contribution in [0.1, 0.15) is 16.7 Å². The topological polar surface area (TPSA) is 0 Å². The summed E-state index contributed by atoms with van der Waals surface area (Å²) in [6, 6.07) is 3.37. The summed E-state index contributed by atoms with van der Waals surface area (Å²) >= 11 is 0. The Morgan fingerprint density at radius 2 is 2.18 bits per heavy atom. The van der Waals surface area contributed by atoms with E-state index in [1.54, 1.807) is 6.07 Å². The van der Waals surface area contributed by atoms with Crippen LogP contribution in [0.2, 0.25) is 0 Å². The van der Waals surface area contributed by atoms with E-state index in [1.165, 1.54) is 0 Å². The number of benzene rings is 1. The van der Waals surface area contributed by atoms with Crippen LogP contribution in [0, 0.1) is 12.7 Å². The van der Waals surface area contributed by atoms with Gasteiger partial charge < -0.3 is 0 Å². The fourth-order valence-corrected chi connectivity index (χ4v) is 1.49. The standard InChI is InChI=1S/C10H9F/c1-7-5-6-10(11)9-4-2-3-8(7)9/h2-3,5-6H,4H2,1H3. The molecule has 0 N–H and O–H groups in total. The van der Waals surface area contributed by atoms with Gasteiger partial charge in [0.2, 0.25) is 0 Å². The average Bonchev–Trinajstić information content (AvgIpc) is 2.45. The third-order valence-corrected chi connectivity index (χ3v) is 2.12. The van der Waals surface area contributed by atoms with Gasteiger partial charge >= 0.3 is 0 Å². The molecule has 0 nitrogen and oxygen atoms in total. The smallest absolute Gasteiger partial charge is 0.127 e. The van der Waals surface area contributed by atoms with Crippen molar-refractivity contribution in [2.45, 2.75) is 13.3 Å². The third kappa shape index (κ3) is 0.881. The van der Waals surface area contributed by atoms with Crippen molar-refractivity contribution in [1.82, 2.24) is 0 Å². The fourth-order valence-electron chi connectivity index (χ4n) is 1.49. The molecule has 56 valence electrons. The van der Waals surface area contributed by atoms with Crippen molar-refractivity contribution >= 4 is 6.08 Å². The zero-order valence-electron chi connectivity index (χ0n) is 6.39. The first-order chi connectivity index (χ1) is 5.29. The number of hydrogen-bond acceptors (Lipinski definition) is 0. The molecule has 0 spiro atoms. The molecule has 11 heavy (non-hydrogen) atoms. The van der Waals surface area contributed by atoms with Crippen LogP contribution in [0.15, 0.2) is 18.2 Å². The van der Waals surface area contributed by atoms with Crippen molar-refractivity contribution in [3.63, 3.8) is 0 Å². The highest BCUT2D eigenvalue weighted by Gasteiger charge is 2.11. The second kappa shape index (κ2) is 2.19. The molecule has 0 fully saturated rings. The van der Waals surface area contributed by atoms with Crippen LogP contribution in [0.4, 0.5) is 4.39 Å². The molecule has 0 aliphatic heterocycles. The molecule has 1 aliphatic carbocycles. The molecule has 2 rings (SSSR count). The minimum absolute atomic E-state index is 0.0735. The summed E-state index contributed by atoms with van der Waals surface area (Å²) in [4.78, 5) is 0. The summed E-state index contributed by atoms with van der Waals surface area (Å²) < 4.78 is 13.0. The minimum Gasteiger partial charge on any atom is -0.207 e. The van der Waals surface area contributed by atoms with E-state index in [9.17, 15) is 4.39 Å². The highest BCUT2D eigenvalue weighted by molar-refractivity contribution is 5.63. The fraction of sp³-hybridized carbons (Fsp3) is 0.200. The molecule has 0 aromatic heterocycles. The second-order valence-corrected chi connectivity index (χ2v) is 2.86. The van der Waals surface area contributed by atoms with Crippen LogP contribution >= 0.6 is 0 Å². The summed E-state index contributed by atoms with van der Waals surface area (Å²) in [5.41, 5.74) is 3.09. The summed E-state index contributed by atoms with van der Waals surface area (Å²) in [6.45, 7) is 2.01. The molecule has 0 radical (unpaired) electrons. The third-order valence-electron chi connectivity index (χ3n) is 2.12. The van der Waals surface area contributed by atoms with Crippen LogP contribution in [0.25, 0.3) is 6.08 Å². The molecule has 0 saturated carbocycles. The minimum atomic E-state index is -0.0735. The maximum absolute atomic E-state index is 13.0. The van der Waals surface area contributed by atoms with Gasteiger partial charge in [-0.15, -0.1) is 0 Å². The Balaban J connectivity index is 2.71. The summed E-state index contributed by atoms with van der Waals surface area (Å²) in [6.07, 6.45) is 4.75. The molecule has 1 aromatic rings. The zero-order chi connectivity index (χ0) is 7.84. The van der Waals surface area contributed by atoms with Crippen LogP contribution < -0.4 is 0 Å². The van der Waals surface area contributed by atoms with Crippen molar-refractivity contribution < 1.29 is 4.39 Å². The highest BCUT2D eigenvalue weighted by Crippen LogP contribution is 2.24. The van der Waals surface area contributed by atoms with Crippen LogP contribution in [-0.4, -0.2) is 0 Å². The largest absolute Gasteiger partial charge is 0.207 e. The lowest BCUT2D eigenvalue weighted by atomic mass is 10.0. The second-order valence-electron chi connectivity index (χ2n) is 2.86. The van der Waals surface area contributed by atoms with E-state index in [-0.39, 0.29) is 5.82 Å². The number of hydrogen-bond donors (Lipinski definition) is 0. The SMILES string of the molecule is Cc1ccc(F)c2c1C=CC2. The van der Waals surface area contributed by atoms with Gasteiger partial charge in [0.05, 0.1) is 0 Å². The van der Waals surface area contributed by atoms with Gasteiger partial charge in [0, 0.05) is 0 Å². The van der Waals surface area contributed by atoms with Crippen LogP contribution in [-0.2, 0) is 6.42 Å². The van der Waals surface area contributed by atoms with E-state index in [0.717, 1.165) is 23.1 Å². The first kappa shape index (κ1) is 6.59. The van der Waals surface area contributed by atoms with Crippen LogP contribution in [0.5, 0.6) is 0 Å². The molecule has 1 aliphatic rings. The lowest BCUT2D eigenvalue weighted by Gasteiger charge is -2.02. The van der Waals surface area contributed by atoms with Crippen molar-refractivity contribution in [2.75, 3.05) is 0 Å². The first-order valence-corrected chi connectivity index (χ1v) is 3.73. The Labute approximate surface area is 65.4 Å². The molecule has 0 bridgehead atoms. The van der Waals surface area contributed by atoms with E-state index in [4.69, 9.17) is 0 Å². The van der Waals surface area contributed by atoms with Gasteiger partial charge in [-0.1, -0.05) is 18.2 Å². The number of fused-ring (bicyclic) bond motifs is 1. The molecule has 0 amide bonds. The number of halogens is 1. The monoisotopic (exact) mass is 148 g/mol. The molecule has 0 atom stereocenters. The summed E-state index contributed by atoms with van der Waals surface area (Å²) in [5, 5.41) is 0. The Morgan fingerprint density at radius 1 is 1.36 bits per heavy atom. The van der Waals surface area contributed by atoms with E-state index in [1.807, 2.05) is 25.1 Å². The molecule has 0 unspecified atom stereocenters. The van der Waals surface area contributed by atoms with Gasteiger partial charge in [0.1, 0.15) is 5.82 Å². The summed E-state index contributed by atoms with van der Waals surface area (Å²) in [7, 11) is 0. The van der Waals surface area contributed by atoms with Gasteiger partial charge in [0.15, 0.2) is 0 Å². The Hall–Kier alpha value is -1.11. The van der Waals surface area contributed by atoms with E-state index >= 15 is 0 Å². The first-order valence-electron chi connectivity index (χ1n) is 3.73. The lowest BCUT2D eigenvalue weighted by Crippen LogP contribution is -1.90. The van der Waals surface area contributed by atoms with E-state index < -0.39 is 0 Å². The van der Waals surface area contributed by atoms with Crippen molar-refractivity contribution in [2.24, 2.45) is 0 Å². The van der Waals surface area contributed by atoms with Crippen molar-refractivity contribution in [3.8, 4) is 0 Å². The average molecular weight is 148 g/mol. The normalized spacial score (nSPS) is 13.6. The highest BCUT2D eigenvalue weighted by atomic mass is 19.1. The Bertz CT molecular complexity index is 324. The molecule has 1 heteroatoms. The summed E-state index contributed by atoms with van der Waals surface area (Å²) in [5.74, 6) is -0.0735. The van der Waals surface area contributed by atoms with Gasteiger partial charge in [-0.05, 0) is 36.1 Å². The Morgan fingerprint density at radius 3 is 2.91 bits per heavy atom. The molecular weight excluding hydrogens is 139 g/mol. The van der Waals surface area contributed by atoms with Gasteiger partial charge in [0.25, 0.3) is 0 Å². The number of allylic oxidation sites excluding steroid dienone is 1. The van der Waals surface area contributed by atoms with Gasteiger partial charge in [-0.2, -0.15) is 0 Å². The molecule has 0 saturated heterocycles.